The Labute approximate surface area is 166 Å². The number of aliphatic hydroxyl groups is 1. The number of aliphatic imine (C=N–C) groups is 1. The van der Waals surface area contributed by atoms with Gasteiger partial charge >= 0.3 is 0 Å². The number of rotatable bonds is 4. The zero-order valence-electron chi connectivity index (χ0n) is 15.2. The lowest BCUT2D eigenvalue weighted by Crippen LogP contribution is -2.45. The van der Waals surface area contributed by atoms with Gasteiger partial charge in [-0.25, -0.2) is 9.98 Å². The van der Waals surface area contributed by atoms with E-state index in [0.29, 0.717) is 10.9 Å². The number of aryl methyl sites for hydroxylation is 1. The summed E-state index contributed by atoms with van der Waals surface area (Å²) in [6, 6.07) is 17.3. The molecule has 1 aromatic heterocycles. The second-order valence-electron chi connectivity index (χ2n) is 6.50. The van der Waals surface area contributed by atoms with Crippen LogP contribution in [-0.4, -0.2) is 31.9 Å². The van der Waals surface area contributed by atoms with Gasteiger partial charge in [-0.05, 0) is 19.1 Å². The first-order chi connectivity index (χ1) is 13.5. The number of amides is 1. The molecule has 1 amide bonds. The van der Waals surface area contributed by atoms with E-state index in [1.54, 1.807) is 4.90 Å². The topological polar surface area (TPSA) is 108 Å². The van der Waals surface area contributed by atoms with Crippen molar-refractivity contribution in [3.63, 3.8) is 0 Å². The highest BCUT2D eigenvalue weighted by molar-refractivity contribution is 8.14. The van der Waals surface area contributed by atoms with Crippen molar-refractivity contribution in [2.24, 2.45) is 10.7 Å². The molecule has 0 unspecified atom stereocenters. The second-order valence-corrected chi connectivity index (χ2v) is 7.44. The molecule has 1 saturated heterocycles. The quantitative estimate of drug-likeness (QED) is 0.632. The van der Waals surface area contributed by atoms with Gasteiger partial charge in [-0.1, -0.05) is 59.8 Å². The maximum Gasteiger partial charge on any atom is 0.269 e. The lowest BCUT2D eigenvalue weighted by atomic mass is 10.0. The van der Waals surface area contributed by atoms with Crippen molar-refractivity contribution < 1.29 is 9.90 Å². The van der Waals surface area contributed by atoms with Crippen molar-refractivity contribution in [2.75, 3.05) is 10.7 Å². The smallest absolute Gasteiger partial charge is 0.269 e. The number of aromatic nitrogens is 2. The number of aromatic amines is 1. The Balaban J connectivity index is 1.84. The van der Waals surface area contributed by atoms with Gasteiger partial charge in [0.15, 0.2) is 22.4 Å². The Kier molecular flexibility index (Phi) is 4.66. The summed E-state index contributed by atoms with van der Waals surface area (Å²) >= 11 is 1.39. The van der Waals surface area contributed by atoms with Crippen LogP contribution in [0.25, 0.3) is 0 Å². The van der Waals surface area contributed by atoms with Crippen LogP contribution in [0.1, 0.15) is 21.6 Å². The van der Waals surface area contributed by atoms with Gasteiger partial charge in [0.05, 0.1) is 12.1 Å². The van der Waals surface area contributed by atoms with Crippen LogP contribution in [0.15, 0.2) is 65.9 Å². The van der Waals surface area contributed by atoms with E-state index >= 15 is 0 Å². The second kappa shape index (κ2) is 7.14. The molecule has 2 heterocycles. The van der Waals surface area contributed by atoms with Crippen molar-refractivity contribution in [3.8, 4) is 0 Å². The Morgan fingerprint density at radius 1 is 1.25 bits per heavy atom. The van der Waals surface area contributed by atoms with E-state index in [9.17, 15) is 9.90 Å². The fourth-order valence-electron chi connectivity index (χ4n) is 3.11. The molecule has 8 heteroatoms. The third kappa shape index (κ3) is 3.17. The molecule has 1 aliphatic rings. The van der Waals surface area contributed by atoms with E-state index in [-0.39, 0.29) is 11.5 Å². The number of para-hydroxylation sites is 1. The molecule has 1 atom stereocenters. The molecule has 1 fully saturated rings. The number of hydrogen-bond acceptors (Lipinski definition) is 5. The van der Waals surface area contributed by atoms with Gasteiger partial charge < -0.3 is 15.8 Å². The number of nitrogens with two attached hydrogens (primary N) is 1. The van der Waals surface area contributed by atoms with Gasteiger partial charge in [0.25, 0.3) is 5.91 Å². The van der Waals surface area contributed by atoms with Crippen LogP contribution in [-0.2, 0) is 5.72 Å². The van der Waals surface area contributed by atoms with Gasteiger partial charge in [0, 0.05) is 11.3 Å². The third-order valence-corrected chi connectivity index (χ3v) is 5.64. The molecular weight excluding hydrogens is 374 g/mol. The Hall–Kier alpha value is -3.10. The SMILES string of the molecule is Cc1ccc([C@]2(O)CSC(=Nc3nc[nH]c3C(N)=O)N2c2ccccc2)cc1. The number of imidazole rings is 1. The molecule has 0 bridgehead atoms. The molecule has 1 aliphatic heterocycles. The van der Waals surface area contributed by atoms with Crippen LogP contribution in [0.5, 0.6) is 0 Å². The summed E-state index contributed by atoms with van der Waals surface area (Å²) in [5.41, 5.74) is 6.89. The molecule has 0 radical (unpaired) electrons. The molecule has 0 aliphatic carbocycles. The average Bonchev–Trinajstić information content (AvgIpc) is 3.28. The monoisotopic (exact) mass is 393 g/mol. The average molecular weight is 393 g/mol. The predicted octanol–water partition coefficient (Wildman–Crippen LogP) is 2.90. The van der Waals surface area contributed by atoms with Gasteiger partial charge in [0.2, 0.25) is 0 Å². The third-order valence-electron chi connectivity index (χ3n) is 4.56. The van der Waals surface area contributed by atoms with Gasteiger partial charge in [-0.3, -0.25) is 9.69 Å². The zero-order chi connectivity index (χ0) is 19.7. The standard InChI is InChI=1S/C20H19N5O2S/c1-13-7-9-14(10-8-13)20(27)11-28-19(25(20)15-5-3-2-4-6-15)24-18-16(17(21)26)22-12-23-18/h2-10,12,27H,11H2,1H3,(H2,21,26)(H,22,23)/t20-/m1/s1. The molecule has 0 spiro atoms. The largest absolute Gasteiger partial charge is 0.366 e. The van der Waals surface area contributed by atoms with Crippen molar-refractivity contribution in [2.45, 2.75) is 12.6 Å². The minimum Gasteiger partial charge on any atom is -0.366 e. The minimum atomic E-state index is -1.29. The molecule has 4 rings (SSSR count). The number of anilines is 1. The summed E-state index contributed by atoms with van der Waals surface area (Å²) in [4.78, 5) is 24.7. The lowest BCUT2D eigenvalue weighted by molar-refractivity contribution is 0.0768. The number of nitrogens with zero attached hydrogens (tertiary/aromatic N) is 3. The van der Waals surface area contributed by atoms with Crippen molar-refractivity contribution in [3.05, 3.63) is 77.7 Å². The number of thioether (sulfide) groups is 1. The number of H-pyrrole nitrogens is 1. The summed E-state index contributed by atoms with van der Waals surface area (Å²) in [6.07, 6.45) is 1.37. The Morgan fingerprint density at radius 2 is 1.96 bits per heavy atom. The van der Waals surface area contributed by atoms with E-state index in [1.807, 2.05) is 61.5 Å². The van der Waals surface area contributed by atoms with E-state index in [2.05, 4.69) is 15.0 Å². The van der Waals surface area contributed by atoms with Crippen molar-refractivity contribution >= 4 is 34.3 Å². The maximum atomic E-state index is 11.6. The normalized spacial score (nSPS) is 20.6. The van der Waals surface area contributed by atoms with Crippen molar-refractivity contribution in [1.82, 2.24) is 9.97 Å². The fraction of sp³-hybridized carbons (Fsp3) is 0.150. The number of primary amides is 1. The summed E-state index contributed by atoms with van der Waals surface area (Å²) in [6.45, 7) is 2.00. The molecule has 2 aromatic carbocycles. The molecule has 4 N–H and O–H groups in total. The van der Waals surface area contributed by atoms with E-state index in [1.165, 1.54) is 18.1 Å². The molecular formula is C20H19N5O2S. The van der Waals surface area contributed by atoms with Crippen LogP contribution in [0.3, 0.4) is 0 Å². The van der Waals surface area contributed by atoms with Crippen LogP contribution in [0, 0.1) is 6.92 Å². The molecule has 142 valence electrons. The van der Waals surface area contributed by atoms with E-state index in [0.717, 1.165) is 16.8 Å². The number of nitrogens with one attached hydrogen (secondary N) is 1. The summed E-state index contributed by atoms with van der Waals surface area (Å²) in [5, 5.41) is 12.2. The predicted molar refractivity (Wildman–Crippen MR) is 111 cm³/mol. The maximum absolute atomic E-state index is 11.6. The zero-order valence-corrected chi connectivity index (χ0v) is 16.0. The first kappa shape index (κ1) is 18.3. The van der Waals surface area contributed by atoms with Crippen molar-refractivity contribution in [1.29, 1.82) is 0 Å². The molecule has 7 nitrogen and oxygen atoms in total. The van der Waals surface area contributed by atoms with Crippen LogP contribution < -0.4 is 10.6 Å². The van der Waals surface area contributed by atoms with Gasteiger partial charge in [-0.2, -0.15) is 0 Å². The molecule has 28 heavy (non-hydrogen) atoms. The first-order valence-electron chi connectivity index (χ1n) is 8.68. The highest BCUT2D eigenvalue weighted by Gasteiger charge is 2.46. The van der Waals surface area contributed by atoms with Crippen LogP contribution >= 0.6 is 11.8 Å². The Bertz CT molecular complexity index is 1030. The molecule has 0 saturated carbocycles. The van der Waals surface area contributed by atoms with E-state index in [4.69, 9.17) is 5.73 Å². The van der Waals surface area contributed by atoms with Crippen LogP contribution in [0.4, 0.5) is 11.5 Å². The van der Waals surface area contributed by atoms with E-state index < -0.39 is 11.6 Å². The minimum absolute atomic E-state index is 0.131. The molecule has 3 aromatic rings. The Morgan fingerprint density at radius 3 is 2.64 bits per heavy atom. The number of carbonyl (C=O) groups excluding carboxylic acids is 1. The number of carbonyl (C=O) groups is 1. The lowest BCUT2D eigenvalue weighted by Gasteiger charge is -2.34. The summed E-state index contributed by atoms with van der Waals surface area (Å²) < 4.78 is 0. The van der Waals surface area contributed by atoms with Gasteiger partial charge in [-0.15, -0.1) is 0 Å². The number of benzene rings is 2. The summed E-state index contributed by atoms with van der Waals surface area (Å²) in [5.74, 6) is -0.0656. The number of hydrogen-bond donors (Lipinski definition) is 3. The van der Waals surface area contributed by atoms with Gasteiger partial charge in [0.1, 0.15) is 0 Å². The highest BCUT2D eigenvalue weighted by Crippen LogP contribution is 2.43. The summed E-state index contributed by atoms with van der Waals surface area (Å²) in [7, 11) is 0. The van der Waals surface area contributed by atoms with Crippen LogP contribution in [0.2, 0.25) is 0 Å². The fourth-order valence-corrected chi connectivity index (χ4v) is 4.28. The highest BCUT2D eigenvalue weighted by atomic mass is 32.2. The number of amidine groups is 1. The first-order valence-corrected chi connectivity index (χ1v) is 9.67.